The fourth-order valence-corrected chi connectivity index (χ4v) is 2.87. The maximum absolute atomic E-state index is 12.5. The third-order valence-electron chi connectivity index (χ3n) is 3.74. The summed E-state index contributed by atoms with van der Waals surface area (Å²) in [5.41, 5.74) is 3.85. The molecule has 0 saturated carbocycles. The summed E-state index contributed by atoms with van der Waals surface area (Å²) in [6.45, 7) is 9.03. The van der Waals surface area contributed by atoms with E-state index in [1.165, 1.54) is 17.7 Å². The Kier molecular flexibility index (Phi) is 4.81. The molecule has 0 aliphatic heterocycles. The van der Waals surface area contributed by atoms with Crippen molar-refractivity contribution in [1.29, 1.82) is 0 Å². The standard InChI is InChI=1S/C16H26N2O/c1-4-8-18-15-7-5-6-13(15)9-14(16(18)19)11-17-10-12(2)3/h9,12,17H,4-8,10-11H2,1-3H3. The summed E-state index contributed by atoms with van der Waals surface area (Å²) >= 11 is 0. The van der Waals surface area contributed by atoms with Crippen LogP contribution in [0.2, 0.25) is 0 Å². The fraction of sp³-hybridized carbons (Fsp3) is 0.688. The molecule has 0 atom stereocenters. The molecule has 2 rings (SSSR count). The van der Waals surface area contributed by atoms with Crippen LogP contribution in [-0.4, -0.2) is 11.1 Å². The number of hydrogen-bond acceptors (Lipinski definition) is 2. The van der Waals surface area contributed by atoms with Crippen molar-refractivity contribution in [3.8, 4) is 0 Å². The van der Waals surface area contributed by atoms with Crippen LogP contribution < -0.4 is 10.9 Å². The fourth-order valence-electron chi connectivity index (χ4n) is 2.87. The molecule has 0 radical (unpaired) electrons. The molecule has 0 bridgehead atoms. The van der Waals surface area contributed by atoms with Gasteiger partial charge < -0.3 is 9.88 Å². The monoisotopic (exact) mass is 262 g/mol. The van der Waals surface area contributed by atoms with Crippen LogP contribution in [0.4, 0.5) is 0 Å². The van der Waals surface area contributed by atoms with Gasteiger partial charge in [-0.1, -0.05) is 20.8 Å². The summed E-state index contributed by atoms with van der Waals surface area (Å²) in [5.74, 6) is 0.618. The van der Waals surface area contributed by atoms with Crippen LogP contribution >= 0.6 is 0 Å². The molecule has 3 heteroatoms. The van der Waals surface area contributed by atoms with Crippen molar-refractivity contribution in [3.63, 3.8) is 0 Å². The number of pyridine rings is 1. The summed E-state index contributed by atoms with van der Waals surface area (Å²) in [7, 11) is 0. The number of nitrogens with zero attached hydrogens (tertiary/aromatic N) is 1. The van der Waals surface area contributed by atoms with Crippen molar-refractivity contribution in [1.82, 2.24) is 9.88 Å². The zero-order chi connectivity index (χ0) is 13.8. The van der Waals surface area contributed by atoms with E-state index in [0.29, 0.717) is 12.5 Å². The second kappa shape index (κ2) is 6.38. The average molecular weight is 262 g/mol. The molecule has 0 amide bonds. The van der Waals surface area contributed by atoms with Gasteiger partial charge in [-0.15, -0.1) is 0 Å². The van der Waals surface area contributed by atoms with Gasteiger partial charge in [0.1, 0.15) is 0 Å². The van der Waals surface area contributed by atoms with Crippen molar-refractivity contribution in [2.45, 2.75) is 59.5 Å². The van der Waals surface area contributed by atoms with Crippen molar-refractivity contribution in [2.75, 3.05) is 6.54 Å². The van der Waals surface area contributed by atoms with E-state index < -0.39 is 0 Å². The minimum atomic E-state index is 0.221. The first kappa shape index (κ1) is 14.3. The van der Waals surface area contributed by atoms with E-state index in [1.54, 1.807) is 0 Å². The molecule has 0 fully saturated rings. The zero-order valence-electron chi connectivity index (χ0n) is 12.5. The molecule has 0 aromatic carbocycles. The van der Waals surface area contributed by atoms with Crippen LogP contribution in [0.25, 0.3) is 0 Å². The average Bonchev–Trinajstić information content (AvgIpc) is 2.81. The molecule has 0 spiro atoms. The summed E-state index contributed by atoms with van der Waals surface area (Å²) in [4.78, 5) is 12.5. The lowest BCUT2D eigenvalue weighted by molar-refractivity contribution is 0.544. The maximum Gasteiger partial charge on any atom is 0.255 e. The number of fused-ring (bicyclic) bond motifs is 1. The zero-order valence-corrected chi connectivity index (χ0v) is 12.5. The van der Waals surface area contributed by atoms with Gasteiger partial charge in [0.25, 0.3) is 5.56 Å². The van der Waals surface area contributed by atoms with Crippen molar-refractivity contribution in [3.05, 3.63) is 33.2 Å². The summed E-state index contributed by atoms with van der Waals surface area (Å²) in [6, 6.07) is 2.14. The van der Waals surface area contributed by atoms with Crippen LogP contribution in [-0.2, 0) is 25.9 Å². The van der Waals surface area contributed by atoms with E-state index in [2.05, 4.69) is 32.2 Å². The quantitative estimate of drug-likeness (QED) is 0.854. The van der Waals surface area contributed by atoms with Gasteiger partial charge in [-0.3, -0.25) is 4.79 Å². The second-order valence-corrected chi connectivity index (χ2v) is 5.98. The first-order chi connectivity index (χ1) is 9.13. The molecule has 106 valence electrons. The Hall–Kier alpha value is -1.09. The van der Waals surface area contributed by atoms with Gasteiger partial charge in [-0.05, 0) is 49.8 Å². The van der Waals surface area contributed by atoms with Crippen LogP contribution in [0.1, 0.15) is 50.4 Å². The minimum Gasteiger partial charge on any atom is -0.312 e. The van der Waals surface area contributed by atoms with Crippen LogP contribution in [0, 0.1) is 5.92 Å². The van der Waals surface area contributed by atoms with E-state index in [-0.39, 0.29) is 5.56 Å². The molecule has 1 heterocycles. The lowest BCUT2D eigenvalue weighted by atomic mass is 10.1. The molecule has 1 aromatic rings. The highest BCUT2D eigenvalue weighted by Gasteiger charge is 2.18. The van der Waals surface area contributed by atoms with Gasteiger partial charge in [0.15, 0.2) is 0 Å². The van der Waals surface area contributed by atoms with Crippen molar-refractivity contribution in [2.24, 2.45) is 5.92 Å². The Balaban J connectivity index is 2.24. The van der Waals surface area contributed by atoms with E-state index in [4.69, 9.17) is 0 Å². The molecule has 0 unspecified atom stereocenters. The van der Waals surface area contributed by atoms with Crippen LogP contribution in [0.3, 0.4) is 0 Å². The Bertz CT molecular complexity index is 488. The number of nitrogens with one attached hydrogen (secondary N) is 1. The molecule has 1 aliphatic rings. The normalized spacial score (nSPS) is 14.1. The van der Waals surface area contributed by atoms with Gasteiger partial charge in [-0.2, -0.15) is 0 Å². The molecule has 1 N–H and O–H groups in total. The third-order valence-corrected chi connectivity index (χ3v) is 3.74. The van der Waals surface area contributed by atoms with Gasteiger partial charge >= 0.3 is 0 Å². The Morgan fingerprint density at radius 3 is 2.84 bits per heavy atom. The number of aryl methyl sites for hydroxylation is 1. The van der Waals surface area contributed by atoms with Gasteiger partial charge in [0, 0.05) is 24.3 Å². The minimum absolute atomic E-state index is 0.221. The number of rotatable bonds is 6. The summed E-state index contributed by atoms with van der Waals surface area (Å²) < 4.78 is 2.02. The largest absolute Gasteiger partial charge is 0.312 e. The van der Waals surface area contributed by atoms with E-state index in [9.17, 15) is 4.79 Å². The summed E-state index contributed by atoms with van der Waals surface area (Å²) in [5, 5.41) is 3.39. The summed E-state index contributed by atoms with van der Waals surface area (Å²) in [6.07, 6.45) is 4.43. The lowest BCUT2D eigenvalue weighted by Gasteiger charge is -2.14. The Morgan fingerprint density at radius 1 is 1.37 bits per heavy atom. The topological polar surface area (TPSA) is 34.0 Å². The van der Waals surface area contributed by atoms with Crippen molar-refractivity contribution >= 4 is 0 Å². The highest BCUT2D eigenvalue weighted by atomic mass is 16.1. The molecular weight excluding hydrogens is 236 g/mol. The van der Waals surface area contributed by atoms with E-state index in [0.717, 1.165) is 37.9 Å². The lowest BCUT2D eigenvalue weighted by Crippen LogP contribution is -2.30. The maximum atomic E-state index is 12.5. The van der Waals surface area contributed by atoms with E-state index >= 15 is 0 Å². The number of aromatic nitrogens is 1. The molecule has 19 heavy (non-hydrogen) atoms. The molecular formula is C16H26N2O. The second-order valence-electron chi connectivity index (χ2n) is 5.98. The highest BCUT2D eigenvalue weighted by molar-refractivity contribution is 5.30. The Labute approximate surface area is 116 Å². The molecule has 1 aromatic heterocycles. The molecule has 0 saturated heterocycles. The van der Waals surface area contributed by atoms with Gasteiger partial charge in [-0.25, -0.2) is 0 Å². The van der Waals surface area contributed by atoms with Gasteiger partial charge in [0.2, 0.25) is 0 Å². The predicted molar refractivity (Wildman–Crippen MR) is 79.6 cm³/mol. The SMILES string of the molecule is CCCn1c2c(cc(CNCC(C)C)c1=O)CCC2. The van der Waals surface area contributed by atoms with Gasteiger partial charge in [0.05, 0.1) is 0 Å². The first-order valence-corrected chi connectivity index (χ1v) is 7.58. The highest BCUT2D eigenvalue weighted by Crippen LogP contribution is 2.21. The van der Waals surface area contributed by atoms with Crippen molar-refractivity contribution < 1.29 is 0 Å². The molecule has 1 aliphatic carbocycles. The molecule has 3 nitrogen and oxygen atoms in total. The smallest absolute Gasteiger partial charge is 0.255 e. The van der Waals surface area contributed by atoms with Crippen LogP contribution in [0.15, 0.2) is 10.9 Å². The third kappa shape index (κ3) is 3.27. The predicted octanol–water partition coefficient (Wildman–Crippen LogP) is 2.49. The Morgan fingerprint density at radius 2 is 2.16 bits per heavy atom. The van der Waals surface area contributed by atoms with Crippen LogP contribution in [0.5, 0.6) is 0 Å². The van der Waals surface area contributed by atoms with E-state index in [1.807, 2.05) is 4.57 Å². The first-order valence-electron chi connectivity index (χ1n) is 7.58. The number of hydrogen-bond donors (Lipinski definition) is 1.